The highest BCUT2D eigenvalue weighted by Crippen LogP contribution is 2.25. The Hall–Kier alpha value is -2.96. The Morgan fingerprint density at radius 3 is 2.41 bits per heavy atom. The fourth-order valence-corrected chi connectivity index (χ4v) is 3.67. The van der Waals surface area contributed by atoms with Gasteiger partial charge in [-0.1, -0.05) is 58.4 Å². The minimum absolute atomic E-state index is 0.181. The molecule has 1 heterocycles. The first-order valence-corrected chi connectivity index (χ1v) is 10.6. The number of anilines is 1. The summed E-state index contributed by atoms with van der Waals surface area (Å²) in [4.78, 5) is 17.0. The van der Waals surface area contributed by atoms with Gasteiger partial charge in [-0.05, 0) is 42.0 Å². The van der Waals surface area contributed by atoms with Crippen LogP contribution in [0.25, 0.3) is 11.3 Å². The van der Waals surface area contributed by atoms with Gasteiger partial charge in [-0.25, -0.2) is 4.98 Å². The Morgan fingerprint density at radius 2 is 1.69 bits per heavy atom. The van der Waals surface area contributed by atoms with Crippen molar-refractivity contribution >= 4 is 38.3 Å². The lowest BCUT2D eigenvalue weighted by Crippen LogP contribution is -2.11. The van der Waals surface area contributed by atoms with Gasteiger partial charge in [-0.2, -0.15) is 0 Å². The maximum absolute atomic E-state index is 12.5. The number of carbonyl (C=O) groups is 1. The molecule has 0 radical (unpaired) electrons. The summed E-state index contributed by atoms with van der Waals surface area (Å²) in [5, 5.41) is 5.38. The molecule has 0 aliphatic rings. The molecule has 6 heteroatoms. The molecule has 1 aromatic heterocycles. The molecule has 29 heavy (non-hydrogen) atoms. The summed E-state index contributed by atoms with van der Waals surface area (Å²) in [7, 11) is 0. The molecule has 1 N–H and O–H groups in total. The van der Waals surface area contributed by atoms with Gasteiger partial charge in [0.1, 0.15) is 12.4 Å². The van der Waals surface area contributed by atoms with E-state index in [1.807, 2.05) is 72.1 Å². The lowest BCUT2D eigenvalue weighted by atomic mass is 10.1. The zero-order valence-electron chi connectivity index (χ0n) is 15.3. The minimum atomic E-state index is -0.181. The number of benzene rings is 3. The highest BCUT2D eigenvalue weighted by molar-refractivity contribution is 9.10. The number of nitrogens with one attached hydrogen (secondary N) is 1. The molecule has 1 amide bonds. The molecule has 0 aliphatic heterocycles. The van der Waals surface area contributed by atoms with Crippen molar-refractivity contribution in [2.45, 2.75) is 6.61 Å². The minimum Gasteiger partial charge on any atom is -0.489 e. The summed E-state index contributed by atoms with van der Waals surface area (Å²) in [5.74, 6) is 0.618. The average Bonchev–Trinajstić information content (AvgIpc) is 3.23. The zero-order valence-corrected chi connectivity index (χ0v) is 17.7. The van der Waals surface area contributed by atoms with Gasteiger partial charge in [-0.15, -0.1) is 11.3 Å². The van der Waals surface area contributed by atoms with Gasteiger partial charge in [-0.3, -0.25) is 10.1 Å². The third kappa shape index (κ3) is 5.10. The van der Waals surface area contributed by atoms with Gasteiger partial charge in [0.25, 0.3) is 5.91 Å². The molecular weight excluding hydrogens is 448 g/mol. The van der Waals surface area contributed by atoms with Crippen LogP contribution in [0.4, 0.5) is 5.13 Å². The zero-order chi connectivity index (χ0) is 20.1. The van der Waals surface area contributed by atoms with E-state index in [0.717, 1.165) is 27.0 Å². The number of amides is 1. The highest BCUT2D eigenvalue weighted by Gasteiger charge is 2.10. The molecule has 3 aromatic carbocycles. The molecule has 0 fully saturated rings. The standard InChI is InChI=1S/C23H17BrN2O2S/c24-19-10-12-20(13-11-19)28-14-16-6-8-18(9-7-16)22(27)26-23-25-21(15-29-23)17-4-2-1-3-5-17/h1-13,15H,14H2,(H,25,26,27). The van der Waals surface area contributed by atoms with Gasteiger partial charge in [0, 0.05) is 21.0 Å². The molecule has 0 bridgehead atoms. The fraction of sp³-hybridized carbons (Fsp3) is 0.0435. The average molecular weight is 465 g/mol. The number of carbonyl (C=O) groups excluding carboxylic acids is 1. The molecule has 144 valence electrons. The molecule has 0 unspecified atom stereocenters. The Labute approximate surface area is 181 Å². The van der Waals surface area contributed by atoms with Gasteiger partial charge >= 0.3 is 0 Å². The van der Waals surface area contributed by atoms with E-state index < -0.39 is 0 Å². The molecule has 4 nitrogen and oxygen atoms in total. The number of ether oxygens (including phenoxy) is 1. The summed E-state index contributed by atoms with van der Waals surface area (Å²) in [6.07, 6.45) is 0. The Balaban J connectivity index is 1.35. The van der Waals surface area contributed by atoms with Crippen molar-refractivity contribution in [3.8, 4) is 17.0 Å². The van der Waals surface area contributed by atoms with Crippen LogP contribution in [-0.4, -0.2) is 10.9 Å². The molecular formula is C23H17BrN2O2S. The van der Waals surface area contributed by atoms with E-state index in [9.17, 15) is 4.79 Å². The SMILES string of the molecule is O=C(Nc1nc(-c2ccccc2)cs1)c1ccc(COc2ccc(Br)cc2)cc1. The van der Waals surface area contributed by atoms with E-state index in [0.29, 0.717) is 17.3 Å². The topological polar surface area (TPSA) is 51.2 Å². The number of thiazole rings is 1. The number of nitrogens with zero attached hydrogens (tertiary/aromatic N) is 1. The van der Waals surface area contributed by atoms with Crippen molar-refractivity contribution in [1.29, 1.82) is 0 Å². The summed E-state index contributed by atoms with van der Waals surface area (Å²) in [6, 6.07) is 24.9. The third-order valence-electron chi connectivity index (χ3n) is 4.23. The quantitative estimate of drug-likeness (QED) is 0.358. The summed E-state index contributed by atoms with van der Waals surface area (Å²) < 4.78 is 6.77. The lowest BCUT2D eigenvalue weighted by Gasteiger charge is -2.07. The van der Waals surface area contributed by atoms with Crippen molar-refractivity contribution in [3.63, 3.8) is 0 Å². The predicted molar refractivity (Wildman–Crippen MR) is 120 cm³/mol. The number of rotatable bonds is 6. The number of aromatic nitrogens is 1. The molecule has 0 spiro atoms. The van der Waals surface area contributed by atoms with Gasteiger partial charge in [0.15, 0.2) is 5.13 Å². The first kappa shape index (κ1) is 19.4. The molecule has 0 aliphatic carbocycles. The van der Waals surface area contributed by atoms with Crippen molar-refractivity contribution < 1.29 is 9.53 Å². The predicted octanol–water partition coefficient (Wildman–Crippen LogP) is 6.40. The second-order valence-corrected chi connectivity index (χ2v) is 8.07. The second-order valence-electron chi connectivity index (χ2n) is 6.30. The van der Waals surface area contributed by atoms with Crippen LogP contribution in [-0.2, 0) is 6.61 Å². The van der Waals surface area contributed by atoms with Crippen molar-refractivity contribution in [2.24, 2.45) is 0 Å². The molecule has 0 saturated carbocycles. The molecule has 4 aromatic rings. The highest BCUT2D eigenvalue weighted by atomic mass is 79.9. The van der Waals surface area contributed by atoms with Gasteiger partial charge in [0.05, 0.1) is 5.69 Å². The Morgan fingerprint density at radius 1 is 0.966 bits per heavy atom. The first-order valence-electron chi connectivity index (χ1n) is 8.97. The largest absolute Gasteiger partial charge is 0.489 e. The maximum Gasteiger partial charge on any atom is 0.257 e. The number of hydrogen-bond donors (Lipinski definition) is 1. The van der Waals surface area contributed by atoms with E-state index in [4.69, 9.17) is 4.74 Å². The fourth-order valence-electron chi connectivity index (χ4n) is 2.69. The number of hydrogen-bond acceptors (Lipinski definition) is 4. The molecule has 0 saturated heterocycles. The molecule has 4 rings (SSSR count). The van der Waals surface area contributed by atoms with Crippen LogP contribution < -0.4 is 10.1 Å². The van der Waals surface area contributed by atoms with Crippen LogP contribution in [0.5, 0.6) is 5.75 Å². The van der Waals surface area contributed by atoms with Crippen molar-refractivity contribution in [3.05, 3.63) is 99.8 Å². The van der Waals surface area contributed by atoms with Crippen LogP contribution >= 0.6 is 27.3 Å². The van der Waals surface area contributed by atoms with E-state index in [-0.39, 0.29) is 5.91 Å². The molecule has 0 atom stereocenters. The van der Waals surface area contributed by atoms with E-state index in [1.165, 1.54) is 11.3 Å². The van der Waals surface area contributed by atoms with Crippen LogP contribution in [0.2, 0.25) is 0 Å². The summed E-state index contributed by atoms with van der Waals surface area (Å²) >= 11 is 4.81. The lowest BCUT2D eigenvalue weighted by molar-refractivity contribution is 0.102. The van der Waals surface area contributed by atoms with Crippen molar-refractivity contribution in [1.82, 2.24) is 4.98 Å². The normalized spacial score (nSPS) is 10.5. The Bertz CT molecular complexity index is 1090. The second kappa shape index (κ2) is 9.03. The maximum atomic E-state index is 12.5. The summed E-state index contributed by atoms with van der Waals surface area (Å²) in [6.45, 7) is 0.441. The van der Waals surface area contributed by atoms with Crippen LogP contribution in [0, 0.1) is 0 Å². The number of halogens is 1. The summed E-state index contributed by atoms with van der Waals surface area (Å²) in [5.41, 5.74) is 3.45. The first-order chi connectivity index (χ1) is 14.2. The third-order valence-corrected chi connectivity index (χ3v) is 5.52. The Kier molecular flexibility index (Phi) is 6.03. The van der Waals surface area contributed by atoms with E-state index >= 15 is 0 Å². The van der Waals surface area contributed by atoms with Crippen molar-refractivity contribution in [2.75, 3.05) is 5.32 Å². The van der Waals surface area contributed by atoms with Crippen LogP contribution in [0.1, 0.15) is 15.9 Å². The van der Waals surface area contributed by atoms with Gasteiger partial charge < -0.3 is 4.74 Å². The van der Waals surface area contributed by atoms with E-state index in [1.54, 1.807) is 12.1 Å². The van der Waals surface area contributed by atoms with Crippen LogP contribution in [0.3, 0.4) is 0 Å². The van der Waals surface area contributed by atoms with E-state index in [2.05, 4.69) is 26.2 Å². The van der Waals surface area contributed by atoms with Gasteiger partial charge in [0.2, 0.25) is 0 Å². The smallest absolute Gasteiger partial charge is 0.257 e. The monoisotopic (exact) mass is 464 g/mol. The van der Waals surface area contributed by atoms with Crippen LogP contribution in [0.15, 0.2) is 88.7 Å².